The van der Waals surface area contributed by atoms with Crippen LogP contribution in [0.25, 0.3) is 0 Å². The molecule has 116 valence electrons. The molecule has 0 amide bonds. The van der Waals surface area contributed by atoms with Crippen LogP contribution in [0, 0.1) is 0 Å². The van der Waals surface area contributed by atoms with Crippen molar-refractivity contribution in [1.29, 1.82) is 0 Å². The molecule has 0 atom stereocenters. The quantitative estimate of drug-likeness (QED) is 0.530. The molecule has 19 heavy (non-hydrogen) atoms. The van der Waals surface area contributed by atoms with E-state index in [1.165, 1.54) is 57.0 Å². The summed E-state index contributed by atoms with van der Waals surface area (Å²) in [6.07, 6.45) is 13.0. The topological polar surface area (TPSA) is 67.3 Å². The van der Waals surface area contributed by atoms with Crippen LogP contribution in [0.2, 0.25) is 0 Å². The molecular formula is C15H33O3P. The zero-order chi connectivity index (χ0) is 13.9. The molecule has 0 saturated heterocycles. The number of carbonyl (C=O) groups is 1. The summed E-state index contributed by atoms with van der Waals surface area (Å²) in [4.78, 5) is 10.9. The largest absolute Gasteiger partial charge is 0.870 e. The van der Waals surface area contributed by atoms with E-state index in [0.29, 0.717) is 6.42 Å². The van der Waals surface area contributed by atoms with Crippen molar-refractivity contribution in [2.45, 2.75) is 65.7 Å². The van der Waals surface area contributed by atoms with E-state index < -0.39 is 13.2 Å². The third-order valence-corrected chi connectivity index (χ3v) is 8.73. The van der Waals surface area contributed by atoms with Crippen molar-refractivity contribution in [3.63, 3.8) is 0 Å². The highest BCUT2D eigenvalue weighted by molar-refractivity contribution is 7.75. The van der Waals surface area contributed by atoms with E-state index in [1.807, 2.05) is 0 Å². The molecule has 0 heterocycles. The molecule has 3 nitrogen and oxygen atoms in total. The molecule has 0 aliphatic carbocycles. The van der Waals surface area contributed by atoms with Crippen LogP contribution in [-0.2, 0) is 4.79 Å². The van der Waals surface area contributed by atoms with Gasteiger partial charge in [0, 0.05) is 7.26 Å². The van der Waals surface area contributed by atoms with Crippen LogP contribution < -0.4 is 0 Å². The Morgan fingerprint density at radius 1 is 0.842 bits per heavy atom. The van der Waals surface area contributed by atoms with E-state index in [2.05, 4.69) is 20.8 Å². The molecule has 2 N–H and O–H groups in total. The average Bonchev–Trinajstić information content (AvgIpc) is 2.37. The second kappa shape index (κ2) is 12.9. The highest BCUT2D eigenvalue weighted by Gasteiger charge is 2.35. The Morgan fingerprint density at radius 2 is 1.21 bits per heavy atom. The smallest absolute Gasteiger partial charge is 0.307 e. The predicted molar refractivity (Wildman–Crippen MR) is 85.3 cm³/mol. The SMILES string of the molecule is CCCC[P+](CCCC)(CCCC)CCC(=O)O.[OH-]. The Bertz CT molecular complexity index is 198. The van der Waals surface area contributed by atoms with Crippen molar-refractivity contribution in [1.82, 2.24) is 0 Å². The van der Waals surface area contributed by atoms with Crippen molar-refractivity contribution in [2.24, 2.45) is 0 Å². The first kappa shape index (κ1) is 21.2. The van der Waals surface area contributed by atoms with Gasteiger partial charge in [0.1, 0.15) is 0 Å². The summed E-state index contributed by atoms with van der Waals surface area (Å²) in [5.74, 6) is -0.608. The predicted octanol–water partition coefficient (Wildman–Crippen LogP) is 4.70. The summed E-state index contributed by atoms with van der Waals surface area (Å²) < 4.78 is 0. The average molecular weight is 292 g/mol. The van der Waals surface area contributed by atoms with Gasteiger partial charge in [0.15, 0.2) is 0 Å². The number of carboxylic acids is 1. The van der Waals surface area contributed by atoms with Gasteiger partial charge in [-0.05, 0) is 19.3 Å². The normalized spacial score (nSPS) is 11.1. The number of rotatable bonds is 12. The number of hydrogen-bond acceptors (Lipinski definition) is 2. The molecule has 0 saturated carbocycles. The molecule has 0 aromatic heterocycles. The van der Waals surface area contributed by atoms with E-state index in [0.717, 1.165) is 6.16 Å². The summed E-state index contributed by atoms with van der Waals surface area (Å²) in [6.45, 7) is 6.72. The number of unbranched alkanes of at least 4 members (excludes halogenated alkanes) is 3. The van der Waals surface area contributed by atoms with Crippen molar-refractivity contribution in [2.75, 3.05) is 24.6 Å². The molecule has 0 unspecified atom stereocenters. The minimum absolute atomic E-state index is 0. The molecule has 0 radical (unpaired) electrons. The van der Waals surface area contributed by atoms with E-state index >= 15 is 0 Å². The van der Waals surface area contributed by atoms with Gasteiger partial charge in [0.25, 0.3) is 0 Å². The highest BCUT2D eigenvalue weighted by Crippen LogP contribution is 2.61. The molecule has 0 aliphatic heterocycles. The molecule has 0 spiro atoms. The molecule has 0 aromatic carbocycles. The molecule has 0 rings (SSSR count). The number of hydrogen-bond donors (Lipinski definition) is 1. The van der Waals surface area contributed by atoms with Crippen LogP contribution in [0.5, 0.6) is 0 Å². The first-order chi connectivity index (χ1) is 8.60. The van der Waals surface area contributed by atoms with E-state index in [9.17, 15) is 4.79 Å². The van der Waals surface area contributed by atoms with Crippen LogP contribution >= 0.6 is 7.26 Å². The molecule has 4 heteroatoms. The van der Waals surface area contributed by atoms with Crippen LogP contribution in [-0.4, -0.2) is 41.2 Å². The lowest BCUT2D eigenvalue weighted by molar-refractivity contribution is -0.136. The minimum Gasteiger partial charge on any atom is -0.870 e. The number of aliphatic carboxylic acids is 1. The number of carboxylic acid groups (broad SMARTS) is 1. The summed E-state index contributed by atoms with van der Waals surface area (Å²) in [7, 11) is -0.980. The fourth-order valence-electron chi connectivity index (χ4n) is 2.48. The zero-order valence-electron chi connectivity index (χ0n) is 13.0. The van der Waals surface area contributed by atoms with Crippen molar-refractivity contribution >= 4 is 13.2 Å². The molecular weight excluding hydrogens is 259 g/mol. The first-order valence-electron chi connectivity index (χ1n) is 7.67. The third-order valence-electron chi connectivity index (χ3n) is 3.76. The van der Waals surface area contributed by atoms with Crippen LogP contribution in [0.1, 0.15) is 65.7 Å². The molecule has 0 fully saturated rings. The fraction of sp³-hybridized carbons (Fsp3) is 0.933. The van der Waals surface area contributed by atoms with Crippen molar-refractivity contribution in [3.05, 3.63) is 0 Å². The van der Waals surface area contributed by atoms with E-state index in [-0.39, 0.29) is 5.48 Å². The summed E-state index contributed by atoms with van der Waals surface area (Å²) >= 11 is 0. The maximum Gasteiger partial charge on any atom is 0.307 e. The van der Waals surface area contributed by atoms with Gasteiger partial charge < -0.3 is 10.6 Å². The lowest BCUT2D eigenvalue weighted by Crippen LogP contribution is -2.15. The van der Waals surface area contributed by atoms with Gasteiger partial charge in [0.2, 0.25) is 0 Å². The van der Waals surface area contributed by atoms with Gasteiger partial charge in [-0.25, -0.2) is 0 Å². The van der Waals surface area contributed by atoms with E-state index in [4.69, 9.17) is 5.11 Å². The minimum atomic E-state index is -0.980. The van der Waals surface area contributed by atoms with Crippen molar-refractivity contribution in [3.8, 4) is 0 Å². The Morgan fingerprint density at radius 3 is 1.47 bits per heavy atom. The summed E-state index contributed by atoms with van der Waals surface area (Å²) in [5, 5.41) is 8.97. The molecule has 0 aliphatic rings. The van der Waals surface area contributed by atoms with E-state index in [1.54, 1.807) is 0 Å². The zero-order valence-corrected chi connectivity index (χ0v) is 13.9. The maximum absolute atomic E-state index is 10.9. The van der Waals surface area contributed by atoms with Gasteiger partial charge in [-0.3, -0.25) is 4.79 Å². The monoisotopic (exact) mass is 292 g/mol. The van der Waals surface area contributed by atoms with Gasteiger partial charge in [-0.2, -0.15) is 0 Å². The van der Waals surface area contributed by atoms with Gasteiger partial charge in [0.05, 0.1) is 31.1 Å². The summed E-state index contributed by atoms with van der Waals surface area (Å²) in [5.41, 5.74) is 0. The van der Waals surface area contributed by atoms with Crippen molar-refractivity contribution < 1.29 is 15.4 Å². The Labute approximate surface area is 119 Å². The second-order valence-corrected chi connectivity index (χ2v) is 9.91. The fourth-order valence-corrected chi connectivity index (χ4v) is 7.45. The second-order valence-electron chi connectivity index (χ2n) is 5.44. The Hall–Kier alpha value is -0.140. The lowest BCUT2D eigenvalue weighted by atomic mass is 10.4. The summed E-state index contributed by atoms with van der Waals surface area (Å²) in [6, 6.07) is 0. The molecule has 0 aromatic rings. The van der Waals surface area contributed by atoms with Gasteiger partial charge in [-0.15, -0.1) is 0 Å². The van der Waals surface area contributed by atoms with Gasteiger partial charge in [-0.1, -0.05) is 40.0 Å². The van der Waals surface area contributed by atoms with Crippen LogP contribution in [0.15, 0.2) is 0 Å². The Balaban J connectivity index is 0. The lowest BCUT2D eigenvalue weighted by Gasteiger charge is -2.27. The maximum atomic E-state index is 10.9. The van der Waals surface area contributed by atoms with Gasteiger partial charge >= 0.3 is 5.97 Å². The van der Waals surface area contributed by atoms with Crippen LogP contribution in [0.4, 0.5) is 0 Å². The van der Waals surface area contributed by atoms with Crippen LogP contribution in [0.3, 0.4) is 0 Å². The highest BCUT2D eigenvalue weighted by atomic mass is 31.2. The Kier molecular flexibility index (Phi) is 14.3. The first-order valence-corrected chi connectivity index (χ1v) is 10.2. The third kappa shape index (κ3) is 10.3. The molecule has 0 bridgehead atoms. The standard InChI is InChI=1S/C15H31O2P.H2O/c1-4-7-11-18(12-8-5-2,13-9-6-3)14-10-15(16)17;/h4-14H2,1-3H3;1H2.